The Bertz CT molecular complexity index is 450. The van der Waals surface area contributed by atoms with E-state index in [4.69, 9.17) is 9.31 Å². The molecule has 2 rings (SSSR count). The standard InChI is InChI=1S/C15H26BN3O2/c1-12(16-20-14(2,3)15(4,5)21-16)11-18-13(17-6)19-9-7-8-10-19/h11H,6-10H2,1-5H3/b12-11+,18-13?. The number of guanidine groups is 1. The van der Waals surface area contributed by atoms with Crippen LogP contribution in [0.15, 0.2) is 21.7 Å². The third-order valence-corrected chi connectivity index (χ3v) is 4.54. The van der Waals surface area contributed by atoms with Gasteiger partial charge in [-0.15, -0.1) is 0 Å². The highest BCUT2D eigenvalue weighted by Gasteiger charge is 2.51. The van der Waals surface area contributed by atoms with Crippen molar-refractivity contribution in [1.82, 2.24) is 4.90 Å². The second-order valence-corrected chi connectivity index (χ2v) is 6.74. The maximum Gasteiger partial charge on any atom is 0.491 e. The van der Waals surface area contributed by atoms with Crippen molar-refractivity contribution in [2.75, 3.05) is 13.1 Å². The van der Waals surface area contributed by atoms with Gasteiger partial charge in [0.2, 0.25) is 5.96 Å². The van der Waals surface area contributed by atoms with Crippen molar-refractivity contribution in [2.45, 2.75) is 58.7 Å². The van der Waals surface area contributed by atoms with Crippen molar-refractivity contribution < 1.29 is 9.31 Å². The molecule has 0 radical (unpaired) electrons. The number of rotatable bonds is 2. The predicted molar refractivity (Wildman–Crippen MR) is 87.6 cm³/mol. The number of hydrogen-bond donors (Lipinski definition) is 0. The lowest BCUT2D eigenvalue weighted by molar-refractivity contribution is 0.00578. The van der Waals surface area contributed by atoms with Gasteiger partial charge in [0.25, 0.3) is 0 Å². The molecule has 0 amide bonds. The first-order valence-electron chi connectivity index (χ1n) is 7.58. The topological polar surface area (TPSA) is 46.4 Å². The SMILES string of the molecule is C=NC(=N/C=C(\C)B1OC(C)(C)C(C)(C)O1)N1CCCC1. The third-order valence-electron chi connectivity index (χ3n) is 4.54. The minimum absolute atomic E-state index is 0.328. The van der Waals surface area contributed by atoms with E-state index >= 15 is 0 Å². The second-order valence-electron chi connectivity index (χ2n) is 6.74. The van der Waals surface area contributed by atoms with Crippen LogP contribution in [0.3, 0.4) is 0 Å². The molecule has 2 saturated heterocycles. The fourth-order valence-electron chi connectivity index (χ4n) is 2.39. The van der Waals surface area contributed by atoms with Crippen molar-refractivity contribution in [2.24, 2.45) is 9.98 Å². The monoisotopic (exact) mass is 291 g/mol. The summed E-state index contributed by atoms with van der Waals surface area (Å²) in [6.07, 6.45) is 4.16. The smallest absolute Gasteiger partial charge is 0.400 e. The minimum atomic E-state index is -0.358. The van der Waals surface area contributed by atoms with Gasteiger partial charge in [-0.05, 0) is 59.7 Å². The minimum Gasteiger partial charge on any atom is -0.400 e. The van der Waals surface area contributed by atoms with E-state index in [0.717, 1.165) is 18.6 Å². The molecule has 0 aromatic carbocycles. The maximum atomic E-state index is 6.00. The first-order chi connectivity index (χ1) is 9.77. The summed E-state index contributed by atoms with van der Waals surface area (Å²) in [6.45, 7) is 15.8. The fourth-order valence-corrected chi connectivity index (χ4v) is 2.39. The van der Waals surface area contributed by atoms with E-state index in [0.29, 0.717) is 5.96 Å². The van der Waals surface area contributed by atoms with Crippen molar-refractivity contribution >= 4 is 19.8 Å². The van der Waals surface area contributed by atoms with Gasteiger partial charge < -0.3 is 14.2 Å². The zero-order valence-corrected chi connectivity index (χ0v) is 13.8. The summed E-state index contributed by atoms with van der Waals surface area (Å²) in [5.74, 6) is 0.684. The normalized spacial score (nSPS) is 25.6. The van der Waals surface area contributed by atoms with E-state index in [9.17, 15) is 0 Å². The molecule has 0 spiro atoms. The highest BCUT2D eigenvalue weighted by atomic mass is 16.7. The van der Waals surface area contributed by atoms with Crippen LogP contribution in [-0.2, 0) is 9.31 Å². The van der Waals surface area contributed by atoms with E-state index in [1.165, 1.54) is 12.8 Å². The first-order valence-corrected chi connectivity index (χ1v) is 7.58. The number of likely N-dealkylation sites (tertiary alicyclic amines) is 1. The van der Waals surface area contributed by atoms with Crippen LogP contribution in [0.25, 0.3) is 0 Å². The average Bonchev–Trinajstić information content (AvgIpc) is 2.97. The fraction of sp³-hybridized carbons (Fsp3) is 0.733. The van der Waals surface area contributed by atoms with Gasteiger partial charge in [-0.25, -0.2) is 9.98 Å². The molecule has 0 bridgehead atoms. The lowest BCUT2D eigenvalue weighted by atomic mass is 9.80. The van der Waals surface area contributed by atoms with Crippen molar-refractivity contribution in [1.29, 1.82) is 0 Å². The highest BCUT2D eigenvalue weighted by molar-refractivity contribution is 6.54. The summed E-state index contributed by atoms with van der Waals surface area (Å²) in [5, 5.41) is 0. The van der Waals surface area contributed by atoms with Gasteiger partial charge in [-0.3, -0.25) is 0 Å². The largest absolute Gasteiger partial charge is 0.491 e. The molecule has 2 fully saturated rings. The van der Waals surface area contributed by atoms with Crippen LogP contribution in [-0.4, -0.2) is 49.0 Å². The van der Waals surface area contributed by atoms with Crippen LogP contribution in [0.5, 0.6) is 0 Å². The van der Waals surface area contributed by atoms with Crippen LogP contribution >= 0.6 is 0 Å². The number of hydrogen-bond acceptors (Lipinski definition) is 3. The van der Waals surface area contributed by atoms with Crippen molar-refractivity contribution in [3.8, 4) is 0 Å². The van der Waals surface area contributed by atoms with Gasteiger partial charge >= 0.3 is 7.12 Å². The molecule has 116 valence electrons. The highest BCUT2D eigenvalue weighted by Crippen LogP contribution is 2.38. The molecule has 2 aliphatic rings. The Morgan fingerprint density at radius 1 is 1.14 bits per heavy atom. The van der Waals surface area contributed by atoms with E-state index in [2.05, 4.69) is 21.6 Å². The first kappa shape index (κ1) is 16.2. The summed E-state index contributed by atoms with van der Waals surface area (Å²) in [7, 11) is -0.358. The van der Waals surface area contributed by atoms with Crippen LogP contribution < -0.4 is 0 Å². The van der Waals surface area contributed by atoms with E-state index in [1.54, 1.807) is 6.20 Å². The van der Waals surface area contributed by atoms with Crippen LogP contribution in [0.2, 0.25) is 0 Å². The van der Waals surface area contributed by atoms with Crippen LogP contribution in [0.4, 0.5) is 0 Å². The molecular weight excluding hydrogens is 265 g/mol. The van der Waals surface area contributed by atoms with Gasteiger partial charge in [0.1, 0.15) is 0 Å². The lowest BCUT2D eigenvalue weighted by Crippen LogP contribution is -2.41. The number of nitrogens with zero attached hydrogens (tertiary/aromatic N) is 3. The van der Waals surface area contributed by atoms with E-state index < -0.39 is 0 Å². The Labute approximate surface area is 128 Å². The molecule has 2 aliphatic heterocycles. The molecule has 5 nitrogen and oxygen atoms in total. The Morgan fingerprint density at radius 2 is 1.67 bits per heavy atom. The predicted octanol–water partition coefficient (Wildman–Crippen LogP) is 2.67. The summed E-state index contributed by atoms with van der Waals surface area (Å²) in [6, 6.07) is 0. The zero-order valence-electron chi connectivity index (χ0n) is 13.8. The van der Waals surface area contributed by atoms with Crippen LogP contribution in [0.1, 0.15) is 47.5 Å². The molecule has 2 heterocycles. The summed E-state index contributed by atoms with van der Waals surface area (Å²) in [5.41, 5.74) is 0.282. The van der Waals surface area contributed by atoms with Gasteiger partial charge in [-0.1, -0.05) is 0 Å². The molecular formula is C15H26BN3O2. The number of allylic oxidation sites excluding steroid dienone is 1. The second kappa shape index (κ2) is 5.93. The van der Waals surface area contributed by atoms with Crippen molar-refractivity contribution in [3.63, 3.8) is 0 Å². The Balaban J connectivity index is 2.09. The van der Waals surface area contributed by atoms with Gasteiger partial charge in [0, 0.05) is 19.3 Å². The van der Waals surface area contributed by atoms with Gasteiger partial charge in [0.15, 0.2) is 0 Å². The molecule has 0 aliphatic carbocycles. The Kier molecular flexibility index (Phi) is 4.59. The lowest BCUT2D eigenvalue weighted by Gasteiger charge is -2.32. The summed E-state index contributed by atoms with van der Waals surface area (Å²) in [4.78, 5) is 10.6. The number of aliphatic imine (C=N–C) groups is 2. The average molecular weight is 291 g/mol. The molecule has 0 unspecified atom stereocenters. The molecule has 0 saturated carbocycles. The van der Waals surface area contributed by atoms with Gasteiger partial charge in [-0.2, -0.15) is 0 Å². The van der Waals surface area contributed by atoms with E-state index in [1.807, 2.05) is 34.6 Å². The molecule has 0 atom stereocenters. The zero-order chi connectivity index (χ0) is 15.7. The Hall–Kier alpha value is -1.14. The molecule has 0 aromatic rings. The van der Waals surface area contributed by atoms with Crippen LogP contribution in [0, 0.1) is 0 Å². The van der Waals surface area contributed by atoms with E-state index in [-0.39, 0.29) is 18.3 Å². The molecule has 6 heteroatoms. The Morgan fingerprint density at radius 3 is 2.14 bits per heavy atom. The maximum absolute atomic E-state index is 6.00. The summed E-state index contributed by atoms with van der Waals surface area (Å²) < 4.78 is 12.0. The van der Waals surface area contributed by atoms with Crippen molar-refractivity contribution in [3.05, 3.63) is 11.7 Å². The molecule has 0 N–H and O–H groups in total. The quantitative estimate of drug-likeness (QED) is 0.446. The van der Waals surface area contributed by atoms with Gasteiger partial charge in [0.05, 0.1) is 11.2 Å². The molecule has 21 heavy (non-hydrogen) atoms. The third kappa shape index (κ3) is 3.38. The summed E-state index contributed by atoms with van der Waals surface area (Å²) >= 11 is 0. The molecule has 0 aromatic heterocycles.